The minimum absolute atomic E-state index is 0.0573. The van der Waals surface area contributed by atoms with Crippen molar-refractivity contribution in [3.8, 4) is 6.07 Å². The Labute approximate surface area is 117 Å². The summed E-state index contributed by atoms with van der Waals surface area (Å²) < 4.78 is 0. The number of nitrogens with zero attached hydrogens (tertiary/aromatic N) is 2. The first-order chi connectivity index (χ1) is 8.72. The maximum atomic E-state index is 9.01. The summed E-state index contributed by atoms with van der Waals surface area (Å²) in [5.74, 6) is 0. The normalized spacial score (nSPS) is 18.3. The van der Waals surface area contributed by atoms with Crippen LogP contribution in [-0.4, -0.2) is 31.1 Å². The topological polar surface area (TPSA) is 39.1 Å². The fourth-order valence-electron chi connectivity index (χ4n) is 2.29. The van der Waals surface area contributed by atoms with Crippen molar-refractivity contribution in [2.45, 2.75) is 12.5 Å². The lowest BCUT2D eigenvalue weighted by molar-refractivity contribution is 0.175. The van der Waals surface area contributed by atoms with E-state index in [0.29, 0.717) is 16.5 Å². The summed E-state index contributed by atoms with van der Waals surface area (Å²) in [5.41, 5.74) is 0.990. The van der Waals surface area contributed by atoms with Crippen LogP contribution >= 0.6 is 23.2 Å². The van der Waals surface area contributed by atoms with E-state index in [0.717, 1.165) is 31.7 Å². The van der Waals surface area contributed by atoms with Crippen LogP contribution in [0.25, 0.3) is 0 Å². The highest BCUT2D eigenvalue weighted by Crippen LogP contribution is 2.32. The van der Waals surface area contributed by atoms with E-state index < -0.39 is 0 Å². The molecule has 2 rings (SSSR count). The van der Waals surface area contributed by atoms with E-state index in [2.05, 4.69) is 16.3 Å². The Bertz CT molecular complexity index is 450. The molecule has 0 bridgehead atoms. The fourth-order valence-corrected chi connectivity index (χ4v) is 2.82. The Morgan fingerprint density at radius 3 is 2.67 bits per heavy atom. The van der Waals surface area contributed by atoms with Crippen LogP contribution in [0, 0.1) is 11.3 Å². The van der Waals surface area contributed by atoms with Gasteiger partial charge in [0.25, 0.3) is 0 Å². The zero-order valence-electron chi connectivity index (χ0n) is 10.00. The third kappa shape index (κ3) is 3.15. The van der Waals surface area contributed by atoms with Gasteiger partial charge in [0.15, 0.2) is 0 Å². The molecule has 0 amide bonds. The lowest BCUT2D eigenvalue weighted by atomic mass is 10.0. The van der Waals surface area contributed by atoms with Crippen molar-refractivity contribution in [1.29, 1.82) is 5.26 Å². The number of halogens is 2. The molecule has 1 aliphatic heterocycles. The second kappa shape index (κ2) is 6.40. The van der Waals surface area contributed by atoms with Gasteiger partial charge >= 0.3 is 0 Å². The van der Waals surface area contributed by atoms with E-state index in [1.165, 1.54) is 0 Å². The monoisotopic (exact) mass is 283 g/mol. The van der Waals surface area contributed by atoms with Gasteiger partial charge in [-0.3, -0.25) is 4.90 Å². The molecule has 1 fully saturated rings. The van der Waals surface area contributed by atoms with Gasteiger partial charge in [0.2, 0.25) is 0 Å². The van der Waals surface area contributed by atoms with E-state index in [1.54, 1.807) is 6.07 Å². The Morgan fingerprint density at radius 1 is 1.33 bits per heavy atom. The molecule has 18 heavy (non-hydrogen) atoms. The summed E-state index contributed by atoms with van der Waals surface area (Å²) in [6.07, 6.45) is 0.446. The largest absolute Gasteiger partial charge is 0.314 e. The Kier molecular flexibility index (Phi) is 4.85. The number of piperazine rings is 1. The van der Waals surface area contributed by atoms with Gasteiger partial charge in [0, 0.05) is 42.3 Å². The molecule has 0 aliphatic carbocycles. The third-order valence-corrected chi connectivity index (χ3v) is 3.76. The van der Waals surface area contributed by atoms with Crippen molar-refractivity contribution in [3.05, 3.63) is 33.8 Å². The molecule has 0 saturated carbocycles. The molecule has 1 N–H and O–H groups in total. The summed E-state index contributed by atoms with van der Waals surface area (Å²) in [5, 5.41) is 13.6. The second-order valence-corrected chi connectivity index (χ2v) is 5.17. The maximum Gasteiger partial charge on any atom is 0.0641 e. The molecule has 1 aromatic carbocycles. The lowest BCUT2D eigenvalue weighted by Crippen LogP contribution is -2.45. The van der Waals surface area contributed by atoms with E-state index in [1.807, 2.05) is 12.1 Å². The predicted octanol–water partition coefficient (Wildman–Crippen LogP) is 2.85. The highest BCUT2D eigenvalue weighted by molar-refractivity contribution is 6.35. The molecule has 0 radical (unpaired) electrons. The van der Waals surface area contributed by atoms with Crippen molar-refractivity contribution < 1.29 is 0 Å². The third-order valence-electron chi connectivity index (χ3n) is 3.20. The minimum atomic E-state index is 0.0573. The average molecular weight is 284 g/mol. The summed E-state index contributed by atoms with van der Waals surface area (Å²) in [4.78, 5) is 2.30. The van der Waals surface area contributed by atoms with Crippen LogP contribution in [0.4, 0.5) is 0 Å². The first kappa shape index (κ1) is 13.6. The van der Waals surface area contributed by atoms with Crippen molar-refractivity contribution in [2.24, 2.45) is 0 Å². The Balaban J connectivity index is 2.25. The van der Waals surface area contributed by atoms with E-state index in [9.17, 15) is 0 Å². The molecule has 96 valence electrons. The molecule has 3 nitrogen and oxygen atoms in total. The highest BCUT2D eigenvalue weighted by Gasteiger charge is 2.23. The van der Waals surface area contributed by atoms with Gasteiger partial charge < -0.3 is 5.32 Å². The quantitative estimate of drug-likeness (QED) is 0.927. The maximum absolute atomic E-state index is 9.01. The van der Waals surface area contributed by atoms with Crippen LogP contribution in [0.15, 0.2) is 18.2 Å². The number of hydrogen-bond acceptors (Lipinski definition) is 3. The van der Waals surface area contributed by atoms with Crippen molar-refractivity contribution in [1.82, 2.24) is 10.2 Å². The van der Waals surface area contributed by atoms with Crippen molar-refractivity contribution in [3.63, 3.8) is 0 Å². The molecule has 0 spiro atoms. The SMILES string of the molecule is N#CC[C@H](c1ccc(Cl)cc1Cl)N1CCNCC1. The zero-order chi connectivity index (χ0) is 13.0. The molecule has 0 unspecified atom stereocenters. The summed E-state index contributed by atoms with van der Waals surface area (Å²) in [6.45, 7) is 3.77. The molecular weight excluding hydrogens is 269 g/mol. The van der Waals surface area contributed by atoms with Gasteiger partial charge in [-0.25, -0.2) is 0 Å². The number of benzene rings is 1. The van der Waals surface area contributed by atoms with Crippen LogP contribution in [0.3, 0.4) is 0 Å². The molecule has 1 aromatic rings. The lowest BCUT2D eigenvalue weighted by Gasteiger charge is -2.34. The number of rotatable bonds is 3. The van der Waals surface area contributed by atoms with Crippen molar-refractivity contribution in [2.75, 3.05) is 26.2 Å². The van der Waals surface area contributed by atoms with Crippen LogP contribution in [0.1, 0.15) is 18.0 Å². The number of nitrogens with one attached hydrogen (secondary N) is 1. The molecular formula is C13H15Cl2N3. The molecule has 0 aromatic heterocycles. The first-order valence-corrected chi connectivity index (χ1v) is 6.74. The van der Waals surface area contributed by atoms with E-state index in [-0.39, 0.29) is 6.04 Å². The second-order valence-electron chi connectivity index (χ2n) is 4.33. The minimum Gasteiger partial charge on any atom is -0.314 e. The van der Waals surface area contributed by atoms with Crippen LogP contribution in [0.2, 0.25) is 10.0 Å². The summed E-state index contributed by atoms with van der Waals surface area (Å²) in [6, 6.07) is 7.80. The average Bonchev–Trinajstić information content (AvgIpc) is 2.38. The molecule has 1 heterocycles. The van der Waals surface area contributed by atoms with Gasteiger partial charge in [-0.2, -0.15) is 5.26 Å². The molecule has 1 atom stereocenters. The molecule has 1 saturated heterocycles. The summed E-state index contributed by atoms with van der Waals surface area (Å²) in [7, 11) is 0. The van der Waals surface area contributed by atoms with Gasteiger partial charge in [-0.1, -0.05) is 29.3 Å². The van der Waals surface area contributed by atoms with Crippen LogP contribution < -0.4 is 5.32 Å². The van der Waals surface area contributed by atoms with Gasteiger partial charge in [-0.05, 0) is 17.7 Å². The molecule has 1 aliphatic rings. The zero-order valence-corrected chi connectivity index (χ0v) is 11.5. The Morgan fingerprint density at radius 2 is 2.06 bits per heavy atom. The summed E-state index contributed by atoms with van der Waals surface area (Å²) >= 11 is 12.2. The van der Waals surface area contributed by atoms with E-state index in [4.69, 9.17) is 28.5 Å². The smallest absolute Gasteiger partial charge is 0.0641 e. The van der Waals surface area contributed by atoms with Crippen LogP contribution in [0.5, 0.6) is 0 Å². The van der Waals surface area contributed by atoms with E-state index >= 15 is 0 Å². The number of hydrogen-bond donors (Lipinski definition) is 1. The first-order valence-electron chi connectivity index (χ1n) is 5.99. The molecule has 5 heteroatoms. The standard InChI is InChI=1S/C13H15Cl2N3/c14-10-1-2-11(12(15)9-10)13(3-4-16)18-7-5-17-6-8-18/h1-2,9,13,17H,3,5-8H2/t13-/m1/s1. The highest BCUT2D eigenvalue weighted by atomic mass is 35.5. The van der Waals surface area contributed by atoms with Gasteiger partial charge in [0.05, 0.1) is 12.5 Å². The van der Waals surface area contributed by atoms with Crippen molar-refractivity contribution >= 4 is 23.2 Å². The number of nitriles is 1. The fraction of sp³-hybridized carbons (Fsp3) is 0.462. The van der Waals surface area contributed by atoms with Gasteiger partial charge in [-0.15, -0.1) is 0 Å². The van der Waals surface area contributed by atoms with Gasteiger partial charge in [0.1, 0.15) is 0 Å². The Hall–Kier alpha value is -0.790. The predicted molar refractivity (Wildman–Crippen MR) is 73.9 cm³/mol. The van der Waals surface area contributed by atoms with Crippen LogP contribution in [-0.2, 0) is 0 Å².